The summed E-state index contributed by atoms with van der Waals surface area (Å²) in [5.74, 6) is 1.73. The van der Waals surface area contributed by atoms with Crippen LogP contribution in [0.5, 0.6) is 5.75 Å². The number of hydrogen-bond donors (Lipinski definition) is 0. The number of methoxy groups -OCH3 is 1. The molecule has 1 nitrogen and oxygen atoms in total. The molecule has 94 valence electrons. The van der Waals surface area contributed by atoms with Crippen LogP contribution >= 0.6 is 15.9 Å². The molecule has 1 saturated carbocycles. The van der Waals surface area contributed by atoms with Crippen molar-refractivity contribution in [2.45, 2.75) is 50.3 Å². The summed E-state index contributed by atoms with van der Waals surface area (Å²) in [6, 6.07) is 4.44. The highest BCUT2D eigenvalue weighted by atomic mass is 79.9. The average molecular weight is 297 g/mol. The molecule has 1 aromatic carbocycles. The summed E-state index contributed by atoms with van der Waals surface area (Å²) in [4.78, 5) is 0.673. The minimum Gasteiger partial charge on any atom is -0.496 e. The van der Waals surface area contributed by atoms with Crippen molar-refractivity contribution >= 4 is 15.9 Å². The summed E-state index contributed by atoms with van der Waals surface area (Å²) < 4.78 is 5.58. The topological polar surface area (TPSA) is 9.23 Å². The summed E-state index contributed by atoms with van der Waals surface area (Å²) in [5.41, 5.74) is 4.10. The summed E-state index contributed by atoms with van der Waals surface area (Å²) in [7, 11) is 1.78. The normalized spacial score (nSPS) is 24.7. The van der Waals surface area contributed by atoms with Crippen molar-refractivity contribution in [3.8, 4) is 5.75 Å². The molecule has 0 heterocycles. The molecule has 1 aliphatic carbocycles. The van der Waals surface area contributed by atoms with Gasteiger partial charge in [0.25, 0.3) is 0 Å². The van der Waals surface area contributed by atoms with E-state index in [9.17, 15) is 0 Å². The predicted molar refractivity (Wildman–Crippen MR) is 76.4 cm³/mol. The van der Waals surface area contributed by atoms with Gasteiger partial charge in [-0.3, -0.25) is 0 Å². The van der Waals surface area contributed by atoms with Crippen LogP contribution in [0.1, 0.15) is 48.3 Å². The van der Waals surface area contributed by atoms with Crippen LogP contribution in [0.15, 0.2) is 12.1 Å². The van der Waals surface area contributed by atoms with Crippen molar-refractivity contribution in [3.63, 3.8) is 0 Å². The first-order chi connectivity index (χ1) is 8.11. The maximum atomic E-state index is 5.58. The Morgan fingerprint density at radius 1 is 1.24 bits per heavy atom. The predicted octanol–water partition coefficient (Wildman–Crippen LogP) is 4.73. The third kappa shape index (κ3) is 2.85. The lowest BCUT2D eigenvalue weighted by Gasteiger charge is -2.28. The van der Waals surface area contributed by atoms with E-state index in [1.165, 1.54) is 42.4 Å². The molecule has 17 heavy (non-hydrogen) atoms. The third-order valence-corrected chi connectivity index (χ3v) is 4.56. The van der Waals surface area contributed by atoms with Crippen molar-refractivity contribution in [2.24, 2.45) is 0 Å². The van der Waals surface area contributed by atoms with E-state index >= 15 is 0 Å². The minimum atomic E-state index is 0.656. The van der Waals surface area contributed by atoms with Gasteiger partial charge in [-0.05, 0) is 56.2 Å². The molecule has 1 aliphatic rings. The second-order valence-corrected chi connectivity index (χ2v) is 6.45. The fraction of sp³-hybridized carbons (Fsp3) is 0.600. The van der Waals surface area contributed by atoms with Crippen molar-refractivity contribution in [3.05, 3.63) is 28.8 Å². The monoisotopic (exact) mass is 296 g/mol. The highest BCUT2D eigenvalue weighted by Gasteiger charge is 2.25. The number of alkyl halides is 1. The van der Waals surface area contributed by atoms with Crippen molar-refractivity contribution in [1.82, 2.24) is 0 Å². The standard InChI is InChI=1S/C15H21BrO/c1-10-7-11(2)15(14(8-10)17-3)12-5-4-6-13(16)9-12/h7-8,12-13H,4-6,9H2,1-3H3. The molecular weight excluding hydrogens is 276 g/mol. The first kappa shape index (κ1) is 12.9. The Hall–Kier alpha value is -0.500. The molecule has 2 unspecified atom stereocenters. The van der Waals surface area contributed by atoms with Crippen LogP contribution in [0.3, 0.4) is 0 Å². The molecule has 2 heteroatoms. The fourth-order valence-electron chi connectivity index (χ4n) is 3.02. The van der Waals surface area contributed by atoms with Gasteiger partial charge in [0.05, 0.1) is 7.11 Å². The van der Waals surface area contributed by atoms with E-state index in [-0.39, 0.29) is 0 Å². The Balaban J connectivity index is 2.36. The van der Waals surface area contributed by atoms with Crippen molar-refractivity contribution < 1.29 is 4.74 Å². The van der Waals surface area contributed by atoms with E-state index < -0.39 is 0 Å². The summed E-state index contributed by atoms with van der Waals surface area (Å²) in [6.45, 7) is 4.34. The first-order valence-corrected chi connectivity index (χ1v) is 7.32. The molecule has 0 aliphatic heterocycles. The number of halogens is 1. The lowest BCUT2D eigenvalue weighted by molar-refractivity contribution is 0.389. The molecule has 0 saturated heterocycles. The molecule has 0 radical (unpaired) electrons. The van der Waals surface area contributed by atoms with E-state index in [0.717, 1.165) is 5.75 Å². The Labute approximate surface area is 113 Å². The van der Waals surface area contributed by atoms with Crippen LogP contribution in [0, 0.1) is 13.8 Å². The Bertz CT molecular complexity index is 400. The van der Waals surface area contributed by atoms with E-state index in [2.05, 4.69) is 41.9 Å². The van der Waals surface area contributed by atoms with Gasteiger partial charge in [0.2, 0.25) is 0 Å². The maximum absolute atomic E-state index is 5.58. The number of benzene rings is 1. The van der Waals surface area contributed by atoms with Crippen LogP contribution in [-0.4, -0.2) is 11.9 Å². The minimum absolute atomic E-state index is 0.656. The van der Waals surface area contributed by atoms with Crippen LogP contribution in [0.25, 0.3) is 0 Å². The summed E-state index contributed by atoms with van der Waals surface area (Å²) in [6.07, 6.45) is 5.16. The quantitative estimate of drug-likeness (QED) is 0.717. The number of ether oxygens (including phenoxy) is 1. The van der Waals surface area contributed by atoms with Gasteiger partial charge in [-0.2, -0.15) is 0 Å². The second-order valence-electron chi connectivity index (χ2n) is 5.16. The van der Waals surface area contributed by atoms with Crippen molar-refractivity contribution in [1.29, 1.82) is 0 Å². The summed E-state index contributed by atoms with van der Waals surface area (Å²) in [5, 5.41) is 0. The third-order valence-electron chi connectivity index (χ3n) is 3.73. The molecular formula is C15H21BrO. The highest BCUT2D eigenvalue weighted by Crippen LogP contribution is 2.41. The van der Waals surface area contributed by atoms with Crippen LogP contribution in [-0.2, 0) is 0 Å². The van der Waals surface area contributed by atoms with Crippen LogP contribution in [0.4, 0.5) is 0 Å². The SMILES string of the molecule is COc1cc(C)cc(C)c1C1CCCC(Br)C1. The molecule has 0 aromatic heterocycles. The molecule has 0 spiro atoms. The second kappa shape index (κ2) is 5.43. The highest BCUT2D eigenvalue weighted by molar-refractivity contribution is 9.09. The molecule has 0 N–H and O–H groups in total. The largest absolute Gasteiger partial charge is 0.496 e. The Morgan fingerprint density at radius 2 is 2.00 bits per heavy atom. The average Bonchev–Trinajstić information content (AvgIpc) is 2.27. The van der Waals surface area contributed by atoms with Gasteiger partial charge in [0.1, 0.15) is 5.75 Å². The van der Waals surface area contributed by atoms with Gasteiger partial charge in [-0.1, -0.05) is 28.4 Å². The molecule has 1 fully saturated rings. The van der Waals surface area contributed by atoms with Gasteiger partial charge in [0.15, 0.2) is 0 Å². The van der Waals surface area contributed by atoms with Gasteiger partial charge in [-0.15, -0.1) is 0 Å². The zero-order valence-corrected chi connectivity index (χ0v) is 12.5. The molecule has 1 aromatic rings. The lowest BCUT2D eigenvalue weighted by Crippen LogP contribution is -2.15. The van der Waals surface area contributed by atoms with Crippen molar-refractivity contribution in [2.75, 3.05) is 7.11 Å². The van der Waals surface area contributed by atoms with Gasteiger partial charge < -0.3 is 4.74 Å². The molecule has 0 bridgehead atoms. The fourth-order valence-corrected chi connectivity index (χ4v) is 3.80. The number of hydrogen-bond acceptors (Lipinski definition) is 1. The Morgan fingerprint density at radius 3 is 2.65 bits per heavy atom. The van der Waals surface area contributed by atoms with Crippen LogP contribution < -0.4 is 4.74 Å². The van der Waals surface area contributed by atoms with E-state index in [0.29, 0.717) is 10.7 Å². The number of aryl methyl sites for hydroxylation is 2. The molecule has 0 amide bonds. The first-order valence-electron chi connectivity index (χ1n) is 6.41. The van der Waals surface area contributed by atoms with E-state index in [1.54, 1.807) is 7.11 Å². The zero-order valence-electron chi connectivity index (χ0n) is 10.9. The number of rotatable bonds is 2. The maximum Gasteiger partial charge on any atom is 0.122 e. The zero-order chi connectivity index (χ0) is 12.4. The van der Waals surface area contributed by atoms with E-state index in [4.69, 9.17) is 4.74 Å². The van der Waals surface area contributed by atoms with Crippen LogP contribution in [0.2, 0.25) is 0 Å². The lowest BCUT2D eigenvalue weighted by atomic mass is 9.81. The van der Waals surface area contributed by atoms with E-state index in [1.807, 2.05) is 0 Å². The van der Waals surface area contributed by atoms with Gasteiger partial charge in [-0.25, -0.2) is 0 Å². The van der Waals surface area contributed by atoms with Gasteiger partial charge >= 0.3 is 0 Å². The Kier molecular flexibility index (Phi) is 4.13. The smallest absolute Gasteiger partial charge is 0.122 e. The summed E-state index contributed by atoms with van der Waals surface area (Å²) >= 11 is 3.77. The molecule has 2 atom stereocenters. The van der Waals surface area contributed by atoms with Gasteiger partial charge in [0, 0.05) is 10.4 Å². The molecule has 2 rings (SSSR count).